The van der Waals surface area contributed by atoms with Gasteiger partial charge in [0.25, 0.3) is 5.91 Å². The minimum Gasteiger partial charge on any atom is -0.272 e. The highest BCUT2D eigenvalue weighted by Gasteiger charge is 2.29. The van der Waals surface area contributed by atoms with E-state index in [4.69, 9.17) is 0 Å². The van der Waals surface area contributed by atoms with Crippen LogP contribution in [0.3, 0.4) is 0 Å². The van der Waals surface area contributed by atoms with Crippen molar-refractivity contribution in [3.63, 3.8) is 0 Å². The van der Waals surface area contributed by atoms with Gasteiger partial charge < -0.3 is 0 Å². The molecule has 0 unspecified atom stereocenters. The van der Waals surface area contributed by atoms with Gasteiger partial charge in [0.05, 0.1) is 19.0 Å². The van der Waals surface area contributed by atoms with Gasteiger partial charge in [-0.05, 0) is 30.5 Å². The van der Waals surface area contributed by atoms with Gasteiger partial charge in [-0.3, -0.25) is 4.79 Å². The number of halogens is 1. The lowest BCUT2D eigenvalue weighted by molar-refractivity contribution is -0.121. The molecule has 0 heterocycles. The summed E-state index contributed by atoms with van der Waals surface area (Å²) in [4.78, 5) is 12.1. The van der Waals surface area contributed by atoms with Crippen LogP contribution in [-0.2, 0) is 14.8 Å². The second-order valence-corrected chi connectivity index (χ2v) is 8.80. The third-order valence-electron chi connectivity index (χ3n) is 3.96. The summed E-state index contributed by atoms with van der Waals surface area (Å²) >= 11 is 3.36. The molecule has 1 aromatic rings. The molecule has 1 fully saturated rings. The van der Waals surface area contributed by atoms with E-state index in [0.717, 1.165) is 48.4 Å². The van der Waals surface area contributed by atoms with Crippen LogP contribution in [0.25, 0.3) is 0 Å². The maximum atomic E-state index is 12.1. The Balaban J connectivity index is 1.95. The van der Waals surface area contributed by atoms with Crippen LogP contribution >= 0.6 is 15.9 Å². The number of sulfonamides is 1. The van der Waals surface area contributed by atoms with E-state index < -0.39 is 15.9 Å². The Bertz CT molecular complexity index is 700. The molecule has 1 aliphatic carbocycles. The van der Waals surface area contributed by atoms with Crippen LogP contribution < -0.4 is 5.43 Å². The van der Waals surface area contributed by atoms with Crippen LogP contribution in [0, 0.1) is 0 Å². The summed E-state index contributed by atoms with van der Waals surface area (Å²) in [6, 6.07) is 7.38. The normalized spacial score (nSPS) is 16.6. The zero-order valence-electron chi connectivity index (χ0n) is 13.6. The van der Waals surface area contributed by atoms with Crippen molar-refractivity contribution in [2.45, 2.75) is 38.1 Å². The van der Waals surface area contributed by atoms with E-state index >= 15 is 0 Å². The molecule has 1 aromatic carbocycles. The number of nitrogens with zero attached hydrogens (tertiary/aromatic N) is 2. The highest BCUT2D eigenvalue weighted by Crippen LogP contribution is 2.24. The molecule has 1 amide bonds. The third-order valence-corrected chi connectivity index (χ3v) is 5.73. The first-order valence-corrected chi connectivity index (χ1v) is 10.5. The highest BCUT2D eigenvalue weighted by molar-refractivity contribution is 9.10. The fourth-order valence-corrected chi connectivity index (χ4v) is 4.35. The Hall–Kier alpha value is -1.25. The Morgan fingerprint density at radius 3 is 2.71 bits per heavy atom. The summed E-state index contributed by atoms with van der Waals surface area (Å²) in [5.41, 5.74) is 3.23. The Kier molecular flexibility index (Phi) is 6.94. The fourth-order valence-electron chi connectivity index (χ4n) is 2.83. The Morgan fingerprint density at radius 2 is 2.08 bits per heavy atom. The third kappa shape index (κ3) is 5.99. The van der Waals surface area contributed by atoms with Gasteiger partial charge in [-0.15, -0.1) is 0 Å². The topological polar surface area (TPSA) is 78.8 Å². The summed E-state index contributed by atoms with van der Waals surface area (Å²) < 4.78 is 26.2. The smallest absolute Gasteiger partial charge is 0.255 e. The molecule has 0 aromatic heterocycles. The van der Waals surface area contributed by atoms with E-state index in [-0.39, 0.29) is 12.6 Å². The molecule has 132 valence electrons. The van der Waals surface area contributed by atoms with Gasteiger partial charge in [0, 0.05) is 10.5 Å². The Morgan fingerprint density at radius 1 is 1.38 bits per heavy atom. The maximum absolute atomic E-state index is 12.1. The molecule has 8 heteroatoms. The van der Waals surface area contributed by atoms with E-state index in [9.17, 15) is 13.2 Å². The van der Waals surface area contributed by atoms with Crippen LogP contribution in [0.1, 0.15) is 37.7 Å². The number of amides is 1. The minimum atomic E-state index is -3.43. The number of hydrazone groups is 1. The molecule has 0 atom stereocenters. The zero-order valence-corrected chi connectivity index (χ0v) is 16.0. The first kappa shape index (κ1) is 19.1. The SMILES string of the molecule is CS(=O)(=O)N(CC(=O)N/N=C/c1cccc(Br)c1)C1CCCCC1. The number of carbonyl (C=O) groups is 1. The van der Waals surface area contributed by atoms with Gasteiger partial charge in [0.2, 0.25) is 10.0 Å². The molecular weight excluding hydrogens is 394 g/mol. The van der Waals surface area contributed by atoms with Crippen molar-refractivity contribution in [3.05, 3.63) is 34.3 Å². The lowest BCUT2D eigenvalue weighted by Crippen LogP contribution is -2.45. The van der Waals surface area contributed by atoms with Crippen molar-refractivity contribution >= 4 is 38.1 Å². The second-order valence-electron chi connectivity index (χ2n) is 5.95. The summed E-state index contributed by atoms with van der Waals surface area (Å²) in [7, 11) is -3.43. The van der Waals surface area contributed by atoms with Crippen LogP contribution in [-0.4, -0.2) is 43.7 Å². The van der Waals surface area contributed by atoms with Crippen LogP contribution in [0.4, 0.5) is 0 Å². The van der Waals surface area contributed by atoms with Gasteiger partial charge >= 0.3 is 0 Å². The monoisotopic (exact) mass is 415 g/mol. The van der Waals surface area contributed by atoms with Gasteiger partial charge in [0.15, 0.2) is 0 Å². The molecule has 0 aliphatic heterocycles. The largest absolute Gasteiger partial charge is 0.272 e. The standard InChI is InChI=1S/C16H22BrN3O3S/c1-24(22,23)20(15-8-3-2-4-9-15)12-16(21)19-18-11-13-6-5-7-14(17)10-13/h5-7,10-11,15H,2-4,8-9,12H2,1H3,(H,19,21)/b18-11+. The summed E-state index contributed by atoms with van der Waals surface area (Å²) in [5, 5.41) is 3.90. The van der Waals surface area contributed by atoms with E-state index in [2.05, 4.69) is 26.5 Å². The number of nitrogens with one attached hydrogen (secondary N) is 1. The molecule has 1 saturated carbocycles. The van der Waals surface area contributed by atoms with Crippen molar-refractivity contribution in [3.8, 4) is 0 Å². The predicted octanol–water partition coefficient (Wildman–Crippen LogP) is 2.49. The van der Waals surface area contributed by atoms with Crippen LogP contribution in [0.2, 0.25) is 0 Å². The molecular formula is C16H22BrN3O3S. The number of hydrogen-bond donors (Lipinski definition) is 1. The van der Waals surface area contributed by atoms with E-state index in [0.29, 0.717) is 0 Å². The predicted molar refractivity (Wildman–Crippen MR) is 98.3 cm³/mol. The molecule has 0 saturated heterocycles. The molecule has 6 nitrogen and oxygen atoms in total. The highest BCUT2D eigenvalue weighted by atomic mass is 79.9. The molecule has 1 aliphatic rings. The maximum Gasteiger partial charge on any atom is 0.255 e. The quantitative estimate of drug-likeness (QED) is 0.572. The fraction of sp³-hybridized carbons (Fsp3) is 0.500. The van der Waals surface area contributed by atoms with Crippen molar-refractivity contribution in [1.29, 1.82) is 0 Å². The Labute approximate surface area is 151 Å². The molecule has 2 rings (SSSR count). The summed E-state index contributed by atoms with van der Waals surface area (Å²) in [6.45, 7) is -0.195. The summed E-state index contributed by atoms with van der Waals surface area (Å²) in [6.07, 6.45) is 7.41. The second kappa shape index (κ2) is 8.73. The van der Waals surface area contributed by atoms with E-state index in [1.165, 1.54) is 10.5 Å². The first-order valence-electron chi connectivity index (χ1n) is 7.90. The lowest BCUT2D eigenvalue weighted by atomic mass is 9.95. The zero-order chi connectivity index (χ0) is 17.6. The molecule has 24 heavy (non-hydrogen) atoms. The van der Waals surface area contributed by atoms with Crippen LogP contribution in [0.15, 0.2) is 33.8 Å². The van der Waals surface area contributed by atoms with Crippen molar-refractivity contribution in [2.75, 3.05) is 12.8 Å². The lowest BCUT2D eigenvalue weighted by Gasteiger charge is -2.31. The minimum absolute atomic E-state index is 0.0893. The molecule has 0 spiro atoms. The van der Waals surface area contributed by atoms with Crippen molar-refractivity contribution in [2.24, 2.45) is 5.10 Å². The number of rotatable bonds is 6. The molecule has 1 N–H and O–H groups in total. The van der Waals surface area contributed by atoms with E-state index in [1.54, 1.807) is 0 Å². The average Bonchev–Trinajstić information content (AvgIpc) is 2.52. The number of carbonyl (C=O) groups excluding carboxylic acids is 1. The first-order chi connectivity index (χ1) is 11.4. The van der Waals surface area contributed by atoms with Gasteiger partial charge in [0.1, 0.15) is 0 Å². The van der Waals surface area contributed by atoms with Crippen molar-refractivity contribution in [1.82, 2.24) is 9.73 Å². The van der Waals surface area contributed by atoms with Crippen molar-refractivity contribution < 1.29 is 13.2 Å². The average molecular weight is 416 g/mol. The molecule has 0 radical (unpaired) electrons. The number of hydrogen-bond acceptors (Lipinski definition) is 4. The molecule has 0 bridgehead atoms. The van der Waals surface area contributed by atoms with Gasteiger partial charge in [-0.1, -0.05) is 47.3 Å². The van der Waals surface area contributed by atoms with Crippen LogP contribution in [0.5, 0.6) is 0 Å². The van der Waals surface area contributed by atoms with Gasteiger partial charge in [-0.2, -0.15) is 9.41 Å². The number of benzene rings is 1. The van der Waals surface area contributed by atoms with E-state index in [1.807, 2.05) is 24.3 Å². The van der Waals surface area contributed by atoms with Gasteiger partial charge in [-0.25, -0.2) is 13.8 Å². The summed E-state index contributed by atoms with van der Waals surface area (Å²) in [5.74, 6) is -0.433.